The molecular formula is C31H30ClFN8O. The number of piperazine rings is 1. The molecule has 1 aromatic heterocycles. The van der Waals surface area contributed by atoms with E-state index in [9.17, 15) is 9.18 Å². The first-order chi connectivity index (χ1) is 20.0. The van der Waals surface area contributed by atoms with E-state index in [0.717, 1.165) is 24.2 Å². The molecule has 0 spiro atoms. The summed E-state index contributed by atoms with van der Waals surface area (Å²) < 4.78 is 14.8. The summed E-state index contributed by atoms with van der Waals surface area (Å²) in [7, 11) is 0. The van der Waals surface area contributed by atoms with Gasteiger partial charge in [-0.3, -0.25) is 20.5 Å². The second-order valence-corrected chi connectivity index (χ2v) is 10.1. The Hall–Kier alpha value is -4.67. The normalized spacial score (nSPS) is 14.0. The predicted molar refractivity (Wildman–Crippen MR) is 164 cm³/mol. The fraction of sp³-hybridized carbons (Fsp3) is 0.194. The maximum Gasteiger partial charge on any atom is 0.257 e. The lowest BCUT2D eigenvalue weighted by molar-refractivity contribution is 0.0971. The fourth-order valence-electron chi connectivity index (χ4n) is 4.85. The van der Waals surface area contributed by atoms with Gasteiger partial charge in [-0.1, -0.05) is 37.2 Å². The van der Waals surface area contributed by atoms with E-state index in [1.165, 1.54) is 6.07 Å². The van der Waals surface area contributed by atoms with E-state index in [4.69, 9.17) is 27.0 Å². The minimum atomic E-state index is -0.366. The molecule has 42 heavy (non-hydrogen) atoms. The first kappa shape index (κ1) is 28.8. The zero-order valence-corrected chi connectivity index (χ0v) is 22.7. The number of fused-ring (bicyclic) bond motifs is 3. The van der Waals surface area contributed by atoms with Crippen LogP contribution in [0.5, 0.6) is 0 Å². The van der Waals surface area contributed by atoms with Crippen molar-refractivity contribution >= 4 is 40.8 Å². The maximum atomic E-state index is 14.8. The van der Waals surface area contributed by atoms with Gasteiger partial charge >= 0.3 is 0 Å². The van der Waals surface area contributed by atoms with Gasteiger partial charge in [-0.2, -0.15) is 0 Å². The van der Waals surface area contributed by atoms with Gasteiger partial charge in [0, 0.05) is 70.9 Å². The predicted octanol–water partition coefficient (Wildman–Crippen LogP) is 5.24. The standard InChI is InChI=1S/C30H26ClFN8O.CH4/c31-20-7-10-22-24(15-20)27(23-3-1-2-4-25(23)32)35-16-19-17-36-30(38-26(19)22)37-21-8-5-18(6-9-21)28(41)39-29(33)40-13-11-34-12-14-40;/h1-10,15,17,34H,11-14,16H2,(H2,33,39,41)(H,36,37,38);1H4. The Morgan fingerprint density at radius 3 is 2.52 bits per heavy atom. The van der Waals surface area contributed by atoms with E-state index in [-0.39, 0.29) is 31.7 Å². The van der Waals surface area contributed by atoms with Crippen molar-refractivity contribution in [3.05, 3.63) is 106 Å². The summed E-state index contributed by atoms with van der Waals surface area (Å²) in [5, 5.41) is 17.8. The molecule has 0 saturated carbocycles. The van der Waals surface area contributed by atoms with Crippen LogP contribution >= 0.6 is 11.6 Å². The van der Waals surface area contributed by atoms with Crippen LogP contribution in [0.25, 0.3) is 11.3 Å². The van der Waals surface area contributed by atoms with Crippen LogP contribution in [0.3, 0.4) is 0 Å². The second-order valence-electron chi connectivity index (χ2n) is 9.64. The third-order valence-electron chi connectivity index (χ3n) is 6.96. The first-order valence-electron chi connectivity index (χ1n) is 13.1. The Labute approximate surface area is 248 Å². The van der Waals surface area contributed by atoms with Crippen molar-refractivity contribution in [1.29, 1.82) is 5.41 Å². The van der Waals surface area contributed by atoms with Gasteiger partial charge in [-0.05, 0) is 48.5 Å². The Balaban J connectivity index is 0.00000353. The van der Waals surface area contributed by atoms with Gasteiger partial charge in [0.05, 0.1) is 18.0 Å². The lowest BCUT2D eigenvalue weighted by atomic mass is 9.95. The van der Waals surface area contributed by atoms with Crippen LogP contribution in [0, 0.1) is 11.2 Å². The lowest BCUT2D eigenvalue weighted by Gasteiger charge is -2.29. The third-order valence-corrected chi connectivity index (χ3v) is 7.20. The van der Waals surface area contributed by atoms with Gasteiger partial charge in [-0.25, -0.2) is 14.4 Å². The molecule has 1 fully saturated rings. The van der Waals surface area contributed by atoms with E-state index < -0.39 is 0 Å². The molecule has 1 saturated heterocycles. The zero-order valence-electron chi connectivity index (χ0n) is 21.9. The molecule has 4 N–H and O–H groups in total. The largest absolute Gasteiger partial charge is 0.340 e. The van der Waals surface area contributed by atoms with E-state index in [0.29, 0.717) is 57.8 Å². The summed E-state index contributed by atoms with van der Waals surface area (Å²) in [6.45, 7) is 3.19. The molecule has 2 aliphatic rings. The maximum absolute atomic E-state index is 14.8. The van der Waals surface area contributed by atoms with Gasteiger partial charge in [-0.15, -0.1) is 0 Å². The number of carbonyl (C=O) groups is 1. The first-order valence-corrected chi connectivity index (χ1v) is 13.5. The van der Waals surface area contributed by atoms with Gasteiger partial charge in [0.25, 0.3) is 5.91 Å². The highest BCUT2D eigenvalue weighted by atomic mass is 35.5. The molecule has 0 aliphatic carbocycles. The van der Waals surface area contributed by atoms with E-state index in [1.807, 2.05) is 11.0 Å². The lowest BCUT2D eigenvalue weighted by Crippen LogP contribution is -2.51. The van der Waals surface area contributed by atoms with Crippen molar-refractivity contribution in [2.75, 3.05) is 31.5 Å². The molecule has 3 aromatic carbocycles. The topological polar surface area (TPSA) is 118 Å². The summed E-state index contributed by atoms with van der Waals surface area (Å²) >= 11 is 6.35. The number of guanidine groups is 1. The summed E-state index contributed by atoms with van der Waals surface area (Å²) in [6.07, 6.45) is 1.71. The molecule has 0 radical (unpaired) electrons. The summed E-state index contributed by atoms with van der Waals surface area (Å²) in [5.41, 5.74) is 4.94. The number of halogens is 2. The summed E-state index contributed by atoms with van der Waals surface area (Å²) in [5.74, 6) is -0.255. The van der Waals surface area contributed by atoms with E-state index in [1.54, 1.807) is 60.8 Å². The molecule has 214 valence electrons. The number of hydrogen-bond acceptors (Lipinski definition) is 7. The van der Waals surface area contributed by atoms with Crippen molar-refractivity contribution in [3.8, 4) is 11.3 Å². The molecule has 1 amide bonds. The highest BCUT2D eigenvalue weighted by Crippen LogP contribution is 2.34. The smallest absolute Gasteiger partial charge is 0.257 e. The number of rotatable bonds is 4. The highest BCUT2D eigenvalue weighted by Gasteiger charge is 2.23. The quantitative estimate of drug-likeness (QED) is 0.193. The molecule has 0 bridgehead atoms. The molecule has 3 heterocycles. The second kappa shape index (κ2) is 12.5. The third kappa shape index (κ3) is 6.00. The van der Waals surface area contributed by atoms with Crippen molar-refractivity contribution in [2.45, 2.75) is 14.0 Å². The molecule has 2 aliphatic heterocycles. The Morgan fingerprint density at radius 2 is 1.76 bits per heavy atom. The molecule has 4 aromatic rings. The van der Waals surface area contributed by atoms with Gasteiger partial charge in [0.2, 0.25) is 5.95 Å². The number of anilines is 2. The SMILES string of the molecule is C.N=C(NC(=O)c1ccc(Nc2ncc3c(n2)-c2ccc(Cl)cc2C(c2ccccc2F)=NC3)cc1)N1CCNCC1. The number of benzene rings is 3. The van der Waals surface area contributed by atoms with Gasteiger partial charge in [0.1, 0.15) is 5.82 Å². The Morgan fingerprint density at radius 1 is 1.00 bits per heavy atom. The number of aliphatic imine (C=N–C) groups is 1. The molecule has 11 heteroatoms. The molecule has 6 rings (SSSR count). The van der Waals surface area contributed by atoms with Crippen molar-refractivity contribution in [2.24, 2.45) is 4.99 Å². The van der Waals surface area contributed by atoms with Crippen molar-refractivity contribution in [3.63, 3.8) is 0 Å². The fourth-order valence-corrected chi connectivity index (χ4v) is 5.02. The van der Waals surface area contributed by atoms with Crippen LogP contribution in [0.4, 0.5) is 16.0 Å². The minimum absolute atomic E-state index is 0. The van der Waals surface area contributed by atoms with E-state index >= 15 is 0 Å². The number of hydrogen-bond donors (Lipinski definition) is 4. The number of carbonyl (C=O) groups excluding carboxylic acids is 1. The average molecular weight is 585 g/mol. The van der Waals surface area contributed by atoms with Gasteiger partial charge < -0.3 is 15.5 Å². The van der Waals surface area contributed by atoms with Crippen LogP contribution < -0.4 is 16.0 Å². The summed E-state index contributed by atoms with van der Waals surface area (Å²) in [4.78, 5) is 28.5. The number of amides is 1. The average Bonchev–Trinajstić information content (AvgIpc) is 3.14. The van der Waals surface area contributed by atoms with E-state index in [2.05, 4.69) is 20.9 Å². The number of aromatic nitrogens is 2. The Bertz CT molecular complexity index is 1670. The monoisotopic (exact) mass is 584 g/mol. The molecule has 0 unspecified atom stereocenters. The molecule has 9 nitrogen and oxygen atoms in total. The van der Waals surface area contributed by atoms with Crippen LogP contribution in [-0.2, 0) is 6.54 Å². The van der Waals surface area contributed by atoms with Gasteiger partial charge in [0.15, 0.2) is 5.96 Å². The van der Waals surface area contributed by atoms with Crippen molar-refractivity contribution < 1.29 is 9.18 Å². The molecular weight excluding hydrogens is 555 g/mol. The number of nitrogens with one attached hydrogen (secondary N) is 4. The van der Waals surface area contributed by atoms with Crippen molar-refractivity contribution in [1.82, 2.24) is 25.5 Å². The van der Waals surface area contributed by atoms with Crippen LogP contribution in [0.15, 0.2) is 77.9 Å². The van der Waals surface area contributed by atoms with Crippen LogP contribution in [0.1, 0.15) is 34.5 Å². The van der Waals surface area contributed by atoms with Crippen LogP contribution in [0.2, 0.25) is 5.02 Å². The highest BCUT2D eigenvalue weighted by molar-refractivity contribution is 6.31. The zero-order chi connectivity index (χ0) is 28.3. The summed E-state index contributed by atoms with van der Waals surface area (Å²) in [6, 6.07) is 18.8. The Kier molecular flexibility index (Phi) is 8.56. The van der Waals surface area contributed by atoms with Crippen LogP contribution in [-0.4, -0.2) is 58.6 Å². The minimum Gasteiger partial charge on any atom is -0.340 e. The number of nitrogens with zero attached hydrogens (tertiary/aromatic N) is 4. The molecule has 0 atom stereocenters.